The van der Waals surface area contributed by atoms with Crippen LogP contribution >= 0.6 is 11.6 Å². The highest BCUT2D eigenvalue weighted by molar-refractivity contribution is 6.31. The molecule has 0 unspecified atom stereocenters. The van der Waals surface area contributed by atoms with Crippen LogP contribution in [0.25, 0.3) is 22.4 Å². The molecule has 0 bridgehead atoms. The molecule has 0 aliphatic carbocycles. The van der Waals surface area contributed by atoms with Crippen LogP contribution < -0.4 is 10.6 Å². The summed E-state index contributed by atoms with van der Waals surface area (Å²) in [6.45, 7) is 1.88. The number of nitrogens with one attached hydrogen (secondary N) is 2. The van der Waals surface area contributed by atoms with Gasteiger partial charge in [-0.25, -0.2) is 9.97 Å². The second-order valence-electron chi connectivity index (χ2n) is 7.01. The summed E-state index contributed by atoms with van der Waals surface area (Å²) in [4.78, 5) is 13.5. The Morgan fingerprint density at radius 3 is 2.42 bits per heavy atom. The van der Waals surface area contributed by atoms with Crippen LogP contribution in [-0.2, 0) is 0 Å². The van der Waals surface area contributed by atoms with Crippen molar-refractivity contribution >= 4 is 45.9 Å². The van der Waals surface area contributed by atoms with E-state index in [0.29, 0.717) is 28.0 Å². The van der Waals surface area contributed by atoms with Crippen LogP contribution in [0.4, 0.5) is 23.2 Å². The van der Waals surface area contributed by atoms with E-state index in [0.717, 1.165) is 28.5 Å². The number of anilines is 4. The monoisotopic (exact) mass is 427 g/mol. The van der Waals surface area contributed by atoms with E-state index in [4.69, 9.17) is 16.0 Å². The molecule has 2 N–H and O–H groups in total. The topological polar surface area (TPSA) is 75.9 Å². The molecule has 0 atom stereocenters. The zero-order valence-electron chi connectivity index (χ0n) is 16.6. The first-order valence-electron chi connectivity index (χ1n) is 9.74. The number of aromatic nitrogens is 3. The molecule has 7 heteroatoms. The Morgan fingerprint density at radius 2 is 1.58 bits per heavy atom. The molecule has 0 saturated heterocycles. The molecule has 0 radical (unpaired) electrons. The number of benzene rings is 3. The molecule has 0 spiro atoms. The van der Waals surface area contributed by atoms with Gasteiger partial charge >= 0.3 is 0 Å². The molecule has 152 valence electrons. The Balaban J connectivity index is 1.38. The zero-order valence-corrected chi connectivity index (χ0v) is 17.4. The van der Waals surface area contributed by atoms with Gasteiger partial charge in [-0.2, -0.15) is 4.98 Å². The Morgan fingerprint density at radius 1 is 0.774 bits per heavy atom. The molecule has 0 aliphatic heterocycles. The molecule has 0 saturated carbocycles. The van der Waals surface area contributed by atoms with Crippen molar-refractivity contribution in [1.82, 2.24) is 15.0 Å². The summed E-state index contributed by atoms with van der Waals surface area (Å²) < 4.78 is 5.74. The number of rotatable bonds is 5. The van der Waals surface area contributed by atoms with Gasteiger partial charge in [-0.05, 0) is 43.3 Å². The molecule has 0 amide bonds. The Kier molecular flexibility index (Phi) is 4.98. The van der Waals surface area contributed by atoms with E-state index in [1.54, 1.807) is 18.2 Å². The maximum Gasteiger partial charge on any atom is 0.300 e. The van der Waals surface area contributed by atoms with E-state index in [1.807, 2.05) is 67.6 Å². The molecule has 6 nitrogen and oxygen atoms in total. The molecule has 0 aliphatic rings. The summed E-state index contributed by atoms with van der Waals surface area (Å²) in [6, 6.07) is 25.5. The lowest BCUT2D eigenvalue weighted by molar-refractivity contribution is 0.623. The van der Waals surface area contributed by atoms with Gasteiger partial charge < -0.3 is 15.1 Å². The minimum atomic E-state index is 0.402. The molecule has 2 aromatic heterocycles. The van der Waals surface area contributed by atoms with Crippen molar-refractivity contribution < 1.29 is 4.42 Å². The number of aryl methyl sites for hydroxylation is 1. The summed E-state index contributed by atoms with van der Waals surface area (Å²) in [5.41, 5.74) is 5.00. The van der Waals surface area contributed by atoms with Crippen molar-refractivity contribution in [3.63, 3.8) is 0 Å². The fraction of sp³-hybridized carbons (Fsp3) is 0.0417. The van der Waals surface area contributed by atoms with Crippen LogP contribution in [0.1, 0.15) is 5.82 Å². The van der Waals surface area contributed by atoms with Gasteiger partial charge in [-0.15, -0.1) is 0 Å². The number of oxazole rings is 1. The molecular weight excluding hydrogens is 410 g/mol. The van der Waals surface area contributed by atoms with E-state index in [2.05, 4.69) is 25.6 Å². The highest BCUT2D eigenvalue weighted by Crippen LogP contribution is 2.27. The minimum absolute atomic E-state index is 0.402. The summed E-state index contributed by atoms with van der Waals surface area (Å²) in [6.07, 6.45) is 0. The number of nitrogens with zero attached hydrogens (tertiary/aromatic N) is 3. The Labute approximate surface area is 184 Å². The van der Waals surface area contributed by atoms with Gasteiger partial charge in [0, 0.05) is 28.0 Å². The average molecular weight is 428 g/mol. The maximum atomic E-state index is 6.03. The largest absolute Gasteiger partial charge is 0.423 e. The number of halogens is 1. The van der Waals surface area contributed by atoms with Crippen molar-refractivity contribution in [2.24, 2.45) is 0 Å². The average Bonchev–Trinajstić information content (AvgIpc) is 3.15. The maximum absolute atomic E-state index is 6.03. The third kappa shape index (κ3) is 4.34. The quantitative estimate of drug-likeness (QED) is 0.323. The van der Waals surface area contributed by atoms with Gasteiger partial charge in [0.1, 0.15) is 17.2 Å². The highest BCUT2D eigenvalue weighted by Gasteiger charge is 2.08. The predicted molar refractivity (Wildman–Crippen MR) is 124 cm³/mol. The van der Waals surface area contributed by atoms with Crippen molar-refractivity contribution in [1.29, 1.82) is 0 Å². The van der Waals surface area contributed by atoms with Crippen molar-refractivity contribution in [3.8, 4) is 11.3 Å². The molecule has 5 aromatic rings. The normalized spacial score (nSPS) is 10.9. The first kappa shape index (κ1) is 19.1. The van der Waals surface area contributed by atoms with Crippen LogP contribution in [0.15, 0.2) is 83.3 Å². The first-order chi connectivity index (χ1) is 15.1. The van der Waals surface area contributed by atoms with Crippen LogP contribution in [0.2, 0.25) is 5.02 Å². The number of fused-ring (bicyclic) bond motifs is 1. The van der Waals surface area contributed by atoms with Gasteiger partial charge in [0.25, 0.3) is 6.01 Å². The summed E-state index contributed by atoms with van der Waals surface area (Å²) in [7, 11) is 0. The van der Waals surface area contributed by atoms with Gasteiger partial charge in [-0.1, -0.05) is 48.0 Å². The first-order valence-corrected chi connectivity index (χ1v) is 10.1. The fourth-order valence-electron chi connectivity index (χ4n) is 3.29. The molecule has 2 heterocycles. The van der Waals surface area contributed by atoms with Gasteiger partial charge in [0.05, 0.1) is 5.69 Å². The SMILES string of the molecule is Cc1nc(Nc2cccc(Nc3nc4cc(Cl)ccc4o3)c2)cc(-c2ccccc2)n1. The molecule has 31 heavy (non-hydrogen) atoms. The summed E-state index contributed by atoms with van der Waals surface area (Å²) >= 11 is 6.03. The minimum Gasteiger partial charge on any atom is -0.423 e. The van der Waals surface area contributed by atoms with E-state index in [9.17, 15) is 0 Å². The smallest absolute Gasteiger partial charge is 0.300 e. The van der Waals surface area contributed by atoms with Crippen molar-refractivity contribution in [2.75, 3.05) is 10.6 Å². The van der Waals surface area contributed by atoms with Crippen LogP contribution in [0.3, 0.4) is 0 Å². The summed E-state index contributed by atoms with van der Waals surface area (Å²) in [5, 5.41) is 7.17. The second-order valence-corrected chi connectivity index (χ2v) is 7.45. The third-order valence-corrected chi connectivity index (χ3v) is 4.88. The van der Waals surface area contributed by atoms with E-state index in [-0.39, 0.29) is 0 Å². The standard InChI is InChI=1S/C24H18ClN5O/c1-15-26-20(16-6-3-2-4-7-16)14-23(27-15)28-18-8-5-9-19(13-18)29-24-30-21-12-17(25)10-11-22(21)31-24/h2-14H,1H3,(H,29,30)(H,26,27,28). The molecular formula is C24H18ClN5O. The van der Waals surface area contributed by atoms with Crippen LogP contribution in [-0.4, -0.2) is 15.0 Å². The van der Waals surface area contributed by atoms with Crippen LogP contribution in [0.5, 0.6) is 0 Å². The lowest BCUT2D eigenvalue weighted by Gasteiger charge is -2.10. The lowest BCUT2D eigenvalue weighted by atomic mass is 10.1. The fourth-order valence-corrected chi connectivity index (χ4v) is 3.45. The highest BCUT2D eigenvalue weighted by atomic mass is 35.5. The Bertz CT molecular complexity index is 1370. The Hall–Kier alpha value is -3.90. The third-order valence-electron chi connectivity index (χ3n) is 4.64. The number of hydrogen-bond donors (Lipinski definition) is 2. The van der Waals surface area contributed by atoms with E-state index in [1.165, 1.54) is 0 Å². The van der Waals surface area contributed by atoms with Crippen LogP contribution in [0, 0.1) is 6.92 Å². The van der Waals surface area contributed by atoms with E-state index < -0.39 is 0 Å². The van der Waals surface area contributed by atoms with Gasteiger partial charge in [0.15, 0.2) is 5.58 Å². The predicted octanol–water partition coefficient (Wildman–Crippen LogP) is 6.73. The zero-order chi connectivity index (χ0) is 21.2. The van der Waals surface area contributed by atoms with Crippen molar-refractivity contribution in [2.45, 2.75) is 6.92 Å². The van der Waals surface area contributed by atoms with E-state index >= 15 is 0 Å². The second kappa shape index (κ2) is 8.08. The molecule has 5 rings (SSSR count). The lowest BCUT2D eigenvalue weighted by Crippen LogP contribution is -1.99. The molecule has 0 fully saturated rings. The molecule has 3 aromatic carbocycles. The van der Waals surface area contributed by atoms with Crippen molar-refractivity contribution in [3.05, 3.63) is 89.7 Å². The van der Waals surface area contributed by atoms with Gasteiger partial charge in [0.2, 0.25) is 0 Å². The van der Waals surface area contributed by atoms with Gasteiger partial charge in [-0.3, -0.25) is 0 Å². The number of hydrogen-bond acceptors (Lipinski definition) is 6. The summed E-state index contributed by atoms with van der Waals surface area (Å²) in [5.74, 6) is 1.42.